The maximum Gasteiger partial charge on any atom is 0.255 e. The summed E-state index contributed by atoms with van der Waals surface area (Å²) < 4.78 is 0. The number of carbonyl (C=O) groups is 1. The number of aromatic amines is 2. The van der Waals surface area contributed by atoms with Crippen molar-refractivity contribution in [2.75, 3.05) is 5.32 Å². The van der Waals surface area contributed by atoms with Crippen molar-refractivity contribution in [3.63, 3.8) is 0 Å². The molecule has 6 aromatic rings. The fraction of sp³-hybridized carbons (Fsp3) is 0.0667. The van der Waals surface area contributed by atoms with Gasteiger partial charge in [-0.3, -0.25) is 9.78 Å². The Morgan fingerprint density at radius 3 is 1.97 bits per heavy atom. The minimum absolute atomic E-state index is 0.0845. The van der Waals surface area contributed by atoms with Crippen molar-refractivity contribution in [3.05, 3.63) is 132 Å². The van der Waals surface area contributed by atoms with Gasteiger partial charge in [0.25, 0.3) is 5.91 Å². The van der Waals surface area contributed by atoms with Crippen LogP contribution in [-0.2, 0) is 6.42 Å². The smallest absolute Gasteiger partial charge is 0.255 e. The van der Waals surface area contributed by atoms with Crippen LogP contribution in [0.15, 0.2) is 110 Å². The molecule has 0 aliphatic heterocycles. The Kier molecular flexibility index (Phi) is 5.35. The van der Waals surface area contributed by atoms with E-state index in [-0.39, 0.29) is 11.8 Å². The second-order valence-electron chi connectivity index (χ2n) is 8.68. The number of nitrogens with zero attached hydrogens (tertiary/aromatic N) is 1. The molecule has 3 aromatic carbocycles. The molecule has 3 aromatic heterocycles. The number of rotatable bonds is 6. The Hall–Kier alpha value is -4.64. The molecule has 0 radical (unpaired) electrons. The number of H-pyrrole nitrogens is 2. The van der Waals surface area contributed by atoms with Gasteiger partial charge in [0.05, 0.1) is 0 Å². The largest absolute Gasteiger partial charge is 0.361 e. The second-order valence-corrected chi connectivity index (χ2v) is 8.68. The third-order valence-corrected chi connectivity index (χ3v) is 6.63. The van der Waals surface area contributed by atoms with E-state index >= 15 is 0 Å². The van der Waals surface area contributed by atoms with Gasteiger partial charge in [-0.05, 0) is 53.4 Å². The Labute approximate surface area is 202 Å². The van der Waals surface area contributed by atoms with Gasteiger partial charge in [-0.25, -0.2) is 0 Å². The highest BCUT2D eigenvalue weighted by Gasteiger charge is 2.23. The number of aromatic nitrogens is 3. The second kappa shape index (κ2) is 8.95. The summed E-state index contributed by atoms with van der Waals surface area (Å²) >= 11 is 0. The Balaban J connectivity index is 1.43. The number of hydrogen-bond donors (Lipinski definition) is 3. The highest BCUT2D eigenvalue weighted by Crippen LogP contribution is 2.38. The lowest BCUT2D eigenvalue weighted by molar-refractivity contribution is 0.102. The molecule has 0 spiro atoms. The molecule has 6 rings (SSSR count). The van der Waals surface area contributed by atoms with Crippen LogP contribution in [0.1, 0.15) is 33.0 Å². The van der Waals surface area contributed by atoms with E-state index in [1.807, 2.05) is 30.3 Å². The molecule has 35 heavy (non-hydrogen) atoms. The first-order valence-electron chi connectivity index (χ1n) is 11.7. The molecule has 1 amide bonds. The summed E-state index contributed by atoms with van der Waals surface area (Å²) in [5.74, 6) is -0.0585. The zero-order valence-corrected chi connectivity index (χ0v) is 19.0. The van der Waals surface area contributed by atoms with Crippen LogP contribution in [0.25, 0.3) is 21.8 Å². The van der Waals surface area contributed by atoms with Crippen molar-refractivity contribution < 1.29 is 4.79 Å². The summed E-state index contributed by atoms with van der Waals surface area (Å²) in [6, 6.07) is 28.3. The van der Waals surface area contributed by atoms with Gasteiger partial charge < -0.3 is 15.3 Å². The SMILES string of the molecule is O=C(Nc1ccccc1CC(c1c[nH]c2ccccc12)c1c[nH]c2ccccc12)c1ccncc1. The lowest BCUT2D eigenvalue weighted by atomic mass is 9.85. The van der Waals surface area contributed by atoms with Crippen LogP contribution in [0.4, 0.5) is 5.69 Å². The molecule has 0 saturated carbocycles. The molecule has 0 aliphatic rings. The fourth-order valence-electron chi connectivity index (χ4n) is 4.89. The molecular formula is C30H24N4O. The van der Waals surface area contributed by atoms with Crippen molar-refractivity contribution >= 4 is 33.4 Å². The van der Waals surface area contributed by atoms with E-state index < -0.39 is 0 Å². The first-order chi connectivity index (χ1) is 17.3. The molecule has 5 heteroatoms. The number of benzene rings is 3. The van der Waals surface area contributed by atoms with Crippen LogP contribution in [0.2, 0.25) is 0 Å². The average Bonchev–Trinajstić information content (AvgIpc) is 3.53. The summed E-state index contributed by atoms with van der Waals surface area (Å²) in [7, 11) is 0. The predicted molar refractivity (Wildman–Crippen MR) is 141 cm³/mol. The molecule has 3 N–H and O–H groups in total. The maximum atomic E-state index is 12.9. The van der Waals surface area contributed by atoms with Gasteiger partial charge in [0.1, 0.15) is 0 Å². The van der Waals surface area contributed by atoms with Crippen LogP contribution in [0, 0.1) is 0 Å². The number of anilines is 1. The minimum Gasteiger partial charge on any atom is -0.361 e. The number of pyridine rings is 1. The Bertz CT molecular complexity index is 1560. The Morgan fingerprint density at radius 1 is 0.743 bits per heavy atom. The van der Waals surface area contributed by atoms with E-state index in [1.54, 1.807) is 24.5 Å². The first-order valence-corrected chi connectivity index (χ1v) is 11.7. The lowest BCUT2D eigenvalue weighted by Gasteiger charge is -2.19. The lowest BCUT2D eigenvalue weighted by Crippen LogP contribution is -2.14. The Morgan fingerprint density at radius 2 is 1.31 bits per heavy atom. The van der Waals surface area contributed by atoms with E-state index in [2.05, 4.69) is 75.1 Å². The maximum absolute atomic E-state index is 12.9. The molecule has 0 fully saturated rings. The third-order valence-electron chi connectivity index (χ3n) is 6.63. The third kappa shape index (κ3) is 3.97. The van der Waals surface area contributed by atoms with Gasteiger partial charge in [-0.2, -0.15) is 0 Å². The van der Waals surface area contributed by atoms with Crippen molar-refractivity contribution in [1.29, 1.82) is 0 Å². The van der Waals surface area contributed by atoms with Crippen molar-refractivity contribution in [1.82, 2.24) is 15.0 Å². The van der Waals surface area contributed by atoms with Crippen molar-refractivity contribution in [3.8, 4) is 0 Å². The normalized spacial score (nSPS) is 11.3. The van der Waals surface area contributed by atoms with Gasteiger partial charge in [0.15, 0.2) is 0 Å². The standard InChI is InChI=1S/C30H24N4O/c35-30(20-13-15-31-16-14-20)34-27-10-4-1-7-21(27)17-24(25-18-32-28-11-5-2-8-22(25)28)26-19-33-29-12-6-3-9-23(26)29/h1-16,18-19,24,32-33H,17H2,(H,34,35). The number of carbonyl (C=O) groups excluding carboxylic acids is 1. The molecule has 170 valence electrons. The number of nitrogens with one attached hydrogen (secondary N) is 3. The van der Waals surface area contributed by atoms with Crippen LogP contribution in [-0.4, -0.2) is 20.9 Å². The van der Waals surface area contributed by atoms with E-state index in [9.17, 15) is 4.79 Å². The first kappa shape index (κ1) is 20.9. The fourth-order valence-corrected chi connectivity index (χ4v) is 4.89. The number of amides is 1. The highest BCUT2D eigenvalue weighted by molar-refractivity contribution is 6.04. The number of para-hydroxylation sites is 3. The van der Waals surface area contributed by atoms with Crippen LogP contribution < -0.4 is 5.32 Å². The highest BCUT2D eigenvalue weighted by atomic mass is 16.1. The van der Waals surface area contributed by atoms with Crippen molar-refractivity contribution in [2.45, 2.75) is 12.3 Å². The number of fused-ring (bicyclic) bond motifs is 2. The monoisotopic (exact) mass is 456 g/mol. The quantitative estimate of drug-likeness (QED) is 0.262. The predicted octanol–water partition coefficient (Wildman–Crippen LogP) is 6.67. The summed E-state index contributed by atoms with van der Waals surface area (Å²) in [5, 5.41) is 5.53. The minimum atomic E-state index is -0.143. The zero-order chi connectivity index (χ0) is 23.6. The summed E-state index contributed by atoms with van der Waals surface area (Å²) in [6.45, 7) is 0. The average molecular weight is 457 g/mol. The molecule has 0 atom stereocenters. The number of hydrogen-bond acceptors (Lipinski definition) is 2. The van der Waals surface area contributed by atoms with E-state index in [0.717, 1.165) is 28.7 Å². The molecule has 5 nitrogen and oxygen atoms in total. The van der Waals surface area contributed by atoms with E-state index in [1.165, 1.54) is 21.9 Å². The molecular weight excluding hydrogens is 432 g/mol. The molecule has 0 bridgehead atoms. The zero-order valence-electron chi connectivity index (χ0n) is 19.0. The summed E-state index contributed by atoms with van der Waals surface area (Å²) in [6.07, 6.45) is 8.23. The van der Waals surface area contributed by atoms with Gasteiger partial charge >= 0.3 is 0 Å². The van der Waals surface area contributed by atoms with Crippen molar-refractivity contribution in [2.24, 2.45) is 0 Å². The van der Waals surface area contributed by atoms with Gasteiger partial charge in [0.2, 0.25) is 0 Å². The van der Waals surface area contributed by atoms with Gasteiger partial charge in [-0.15, -0.1) is 0 Å². The molecule has 0 aliphatic carbocycles. The summed E-state index contributed by atoms with van der Waals surface area (Å²) in [5.41, 5.74) is 7.19. The molecule has 0 unspecified atom stereocenters. The molecule has 3 heterocycles. The van der Waals surface area contributed by atoms with E-state index in [4.69, 9.17) is 0 Å². The summed E-state index contributed by atoms with van der Waals surface area (Å²) in [4.78, 5) is 23.8. The molecule has 0 saturated heterocycles. The van der Waals surface area contributed by atoms with Crippen LogP contribution >= 0.6 is 0 Å². The van der Waals surface area contributed by atoms with E-state index in [0.29, 0.717) is 5.56 Å². The topological polar surface area (TPSA) is 73.6 Å². The van der Waals surface area contributed by atoms with Crippen LogP contribution in [0.3, 0.4) is 0 Å². The van der Waals surface area contributed by atoms with Gasteiger partial charge in [-0.1, -0.05) is 54.6 Å². The van der Waals surface area contributed by atoms with Gasteiger partial charge in [0, 0.05) is 63.8 Å². The van der Waals surface area contributed by atoms with Crippen LogP contribution in [0.5, 0.6) is 0 Å².